The van der Waals surface area contributed by atoms with E-state index in [9.17, 15) is 4.79 Å². The van der Waals surface area contributed by atoms with Crippen molar-refractivity contribution in [3.8, 4) is 11.8 Å². The lowest BCUT2D eigenvalue weighted by atomic mass is 10.0. The summed E-state index contributed by atoms with van der Waals surface area (Å²) in [4.78, 5) is 18.4. The first kappa shape index (κ1) is 16.8. The van der Waals surface area contributed by atoms with Gasteiger partial charge >= 0.3 is 5.97 Å². The van der Waals surface area contributed by atoms with E-state index in [4.69, 9.17) is 4.74 Å². The highest BCUT2D eigenvalue weighted by Gasteiger charge is 2.13. The third-order valence-corrected chi connectivity index (χ3v) is 3.32. The van der Waals surface area contributed by atoms with Gasteiger partial charge in [-0.3, -0.25) is 0 Å². The Morgan fingerprint density at radius 1 is 1.38 bits per heavy atom. The second kappa shape index (κ2) is 8.11. The summed E-state index contributed by atoms with van der Waals surface area (Å²) in [7, 11) is 1.96. The standard InChI is InChI=1S/C17H22N2O2/c1-6-8-11-21-17(20)15-9-10-16(14(4)13(15)3)18-12-19(5)7-2/h9-10,12H,7,11H2,1-5H3/b18-12+. The molecule has 0 N–H and O–H groups in total. The Balaban J connectivity index is 2.96. The monoisotopic (exact) mass is 286 g/mol. The summed E-state index contributed by atoms with van der Waals surface area (Å²) in [6, 6.07) is 3.59. The van der Waals surface area contributed by atoms with E-state index < -0.39 is 0 Å². The molecule has 0 aromatic heterocycles. The minimum absolute atomic E-state index is 0.120. The topological polar surface area (TPSA) is 41.9 Å². The number of carbonyl (C=O) groups is 1. The first-order valence-corrected chi connectivity index (χ1v) is 6.92. The van der Waals surface area contributed by atoms with Crippen molar-refractivity contribution in [1.29, 1.82) is 0 Å². The second-order valence-electron chi connectivity index (χ2n) is 4.70. The summed E-state index contributed by atoms with van der Waals surface area (Å²) in [6.07, 6.45) is 1.79. The number of hydrogen-bond donors (Lipinski definition) is 0. The van der Waals surface area contributed by atoms with E-state index in [0.29, 0.717) is 5.56 Å². The Labute approximate surface area is 126 Å². The Hall–Kier alpha value is -2.28. The van der Waals surface area contributed by atoms with Crippen molar-refractivity contribution in [3.63, 3.8) is 0 Å². The molecule has 0 fully saturated rings. The number of benzene rings is 1. The maximum atomic E-state index is 12.0. The van der Waals surface area contributed by atoms with Crippen LogP contribution in [0.15, 0.2) is 17.1 Å². The normalized spacial score (nSPS) is 10.1. The highest BCUT2D eigenvalue weighted by atomic mass is 16.5. The highest BCUT2D eigenvalue weighted by Crippen LogP contribution is 2.25. The summed E-state index contributed by atoms with van der Waals surface area (Å²) < 4.78 is 5.10. The van der Waals surface area contributed by atoms with Crippen LogP contribution in [0.5, 0.6) is 0 Å². The van der Waals surface area contributed by atoms with Gasteiger partial charge in [0.05, 0.1) is 17.6 Å². The molecule has 0 spiro atoms. The summed E-state index contributed by atoms with van der Waals surface area (Å²) in [5, 5.41) is 0. The largest absolute Gasteiger partial charge is 0.449 e. The molecule has 0 amide bonds. The smallest absolute Gasteiger partial charge is 0.339 e. The van der Waals surface area contributed by atoms with Crippen LogP contribution >= 0.6 is 0 Å². The van der Waals surface area contributed by atoms with Crippen LogP contribution in [0.3, 0.4) is 0 Å². The lowest BCUT2D eigenvalue weighted by Gasteiger charge is -2.12. The molecule has 4 nitrogen and oxygen atoms in total. The van der Waals surface area contributed by atoms with Crippen LogP contribution < -0.4 is 0 Å². The molecule has 0 atom stereocenters. The Kier molecular flexibility index (Phi) is 6.48. The Morgan fingerprint density at radius 2 is 2.10 bits per heavy atom. The van der Waals surface area contributed by atoms with Crippen molar-refractivity contribution in [2.24, 2.45) is 4.99 Å². The molecule has 0 aliphatic rings. The van der Waals surface area contributed by atoms with Gasteiger partial charge < -0.3 is 9.64 Å². The van der Waals surface area contributed by atoms with Gasteiger partial charge in [-0.15, -0.1) is 5.92 Å². The molecule has 0 radical (unpaired) electrons. The predicted octanol–water partition coefficient (Wildman–Crippen LogP) is 3.10. The summed E-state index contributed by atoms with van der Waals surface area (Å²) >= 11 is 0. The number of carbonyl (C=O) groups excluding carboxylic acids is 1. The molecular formula is C17H22N2O2. The van der Waals surface area contributed by atoms with E-state index in [-0.39, 0.29) is 12.6 Å². The van der Waals surface area contributed by atoms with E-state index in [1.54, 1.807) is 19.3 Å². The van der Waals surface area contributed by atoms with Gasteiger partial charge in [-0.1, -0.05) is 5.92 Å². The average Bonchev–Trinajstić information content (AvgIpc) is 2.48. The van der Waals surface area contributed by atoms with Crippen molar-refractivity contribution in [3.05, 3.63) is 28.8 Å². The number of hydrogen-bond acceptors (Lipinski definition) is 3. The van der Waals surface area contributed by atoms with Gasteiger partial charge in [-0.2, -0.15) is 0 Å². The number of aliphatic imine (C=N–C) groups is 1. The molecule has 1 aromatic rings. The molecule has 0 bridgehead atoms. The fourth-order valence-electron chi connectivity index (χ4n) is 1.66. The second-order valence-corrected chi connectivity index (χ2v) is 4.70. The Bertz CT molecular complexity index is 595. The van der Waals surface area contributed by atoms with Crippen molar-refractivity contribution in [2.45, 2.75) is 27.7 Å². The van der Waals surface area contributed by atoms with E-state index in [1.165, 1.54) is 0 Å². The quantitative estimate of drug-likeness (QED) is 0.361. The third-order valence-electron chi connectivity index (χ3n) is 3.32. The van der Waals surface area contributed by atoms with Crippen molar-refractivity contribution >= 4 is 18.0 Å². The molecular weight excluding hydrogens is 264 g/mol. The highest BCUT2D eigenvalue weighted by molar-refractivity contribution is 5.92. The maximum Gasteiger partial charge on any atom is 0.339 e. The molecule has 112 valence electrons. The molecule has 1 aromatic carbocycles. The zero-order valence-corrected chi connectivity index (χ0v) is 13.4. The molecule has 21 heavy (non-hydrogen) atoms. The number of nitrogens with zero attached hydrogens (tertiary/aromatic N) is 2. The summed E-state index contributed by atoms with van der Waals surface area (Å²) in [5.74, 6) is 5.06. The molecule has 0 aliphatic carbocycles. The van der Waals surface area contributed by atoms with Crippen LogP contribution in [0, 0.1) is 25.7 Å². The van der Waals surface area contributed by atoms with Gasteiger partial charge in [0.15, 0.2) is 6.61 Å². The van der Waals surface area contributed by atoms with Crippen LogP contribution in [-0.4, -0.2) is 37.4 Å². The first-order valence-electron chi connectivity index (χ1n) is 6.92. The Morgan fingerprint density at radius 3 is 2.71 bits per heavy atom. The van der Waals surface area contributed by atoms with Crippen molar-refractivity contribution < 1.29 is 9.53 Å². The van der Waals surface area contributed by atoms with Gasteiger partial charge in [0.25, 0.3) is 0 Å². The fourth-order valence-corrected chi connectivity index (χ4v) is 1.66. The lowest BCUT2D eigenvalue weighted by Crippen LogP contribution is -2.14. The number of esters is 1. The molecule has 0 aliphatic heterocycles. The van der Waals surface area contributed by atoms with Crippen LogP contribution in [-0.2, 0) is 4.74 Å². The maximum absolute atomic E-state index is 12.0. The predicted molar refractivity (Wildman–Crippen MR) is 86.1 cm³/mol. The van der Waals surface area contributed by atoms with Gasteiger partial charge in [0.2, 0.25) is 0 Å². The molecule has 4 heteroatoms. The van der Waals surface area contributed by atoms with Gasteiger partial charge in [-0.25, -0.2) is 9.79 Å². The zero-order chi connectivity index (χ0) is 15.8. The first-order chi connectivity index (χ1) is 10.0. The molecule has 1 rings (SSSR count). The van der Waals surface area contributed by atoms with E-state index in [1.807, 2.05) is 31.9 Å². The lowest BCUT2D eigenvalue weighted by molar-refractivity contribution is 0.0555. The molecule has 0 saturated carbocycles. The molecule has 0 heterocycles. The number of ether oxygens (including phenoxy) is 1. The van der Waals surface area contributed by atoms with Crippen LogP contribution in [0.4, 0.5) is 5.69 Å². The van der Waals surface area contributed by atoms with E-state index in [2.05, 4.69) is 23.8 Å². The number of rotatable bonds is 5. The van der Waals surface area contributed by atoms with E-state index in [0.717, 1.165) is 23.4 Å². The fraction of sp³-hybridized carbons (Fsp3) is 0.412. The SMILES string of the molecule is CC#CCOC(=O)c1ccc(/N=C/N(C)CC)c(C)c1C. The van der Waals surface area contributed by atoms with Crippen molar-refractivity contribution in [1.82, 2.24) is 4.90 Å². The molecule has 0 saturated heterocycles. The van der Waals surface area contributed by atoms with E-state index >= 15 is 0 Å². The minimum Gasteiger partial charge on any atom is -0.449 e. The summed E-state index contributed by atoms with van der Waals surface area (Å²) in [6.45, 7) is 8.64. The zero-order valence-electron chi connectivity index (χ0n) is 13.4. The van der Waals surface area contributed by atoms with Gasteiger partial charge in [0, 0.05) is 13.6 Å². The van der Waals surface area contributed by atoms with Crippen LogP contribution in [0.25, 0.3) is 0 Å². The minimum atomic E-state index is -0.348. The van der Waals surface area contributed by atoms with Crippen molar-refractivity contribution in [2.75, 3.05) is 20.2 Å². The summed E-state index contributed by atoms with van der Waals surface area (Å²) in [5.41, 5.74) is 3.29. The van der Waals surface area contributed by atoms with Gasteiger partial charge in [0.1, 0.15) is 0 Å². The molecule has 0 unspecified atom stereocenters. The van der Waals surface area contributed by atoms with Crippen LogP contribution in [0.1, 0.15) is 35.3 Å². The average molecular weight is 286 g/mol. The van der Waals surface area contributed by atoms with Gasteiger partial charge in [-0.05, 0) is 51.0 Å². The van der Waals surface area contributed by atoms with Crippen LogP contribution in [0.2, 0.25) is 0 Å². The third kappa shape index (κ3) is 4.64.